The molecule has 2 aliphatic heterocycles. The van der Waals surface area contributed by atoms with Crippen LogP contribution in [0.3, 0.4) is 0 Å². The molecule has 3 heterocycles. The molecule has 0 aliphatic carbocycles. The molecule has 154 valence electrons. The Balaban J connectivity index is 1.40. The molecule has 2 saturated heterocycles. The van der Waals surface area contributed by atoms with Gasteiger partial charge in [0, 0.05) is 45.7 Å². The Kier molecular flexibility index (Phi) is 7.44. The second kappa shape index (κ2) is 10.2. The molecule has 0 bridgehead atoms. The zero-order valence-electron chi connectivity index (χ0n) is 16.0. The highest BCUT2D eigenvalue weighted by Gasteiger charge is 2.26. The molecule has 2 N–H and O–H groups in total. The number of nitrogens with zero attached hydrogens (tertiary/aromatic N) is 2. The maximum Gasteiger partial charge on any atom is 0.309 e. The number of rotatable bonds is 8. The van der Waals surface area contributed by atoms with Crippen molar-refractivity contribution in [2.45, 2.75) is 25.3 Å². The van der Waals surface area contributed by atoms with E-state index in [0.717, 1.165) is 31.8 Å². The minimum atomic E-state index is -0.665. The predicted molar refractivity (Wildman–Crippen MR) is 100 cm³/mol. The molecule has 1 aromatic rings. The molecule has 9 nitrogen and oxygen atoms in total. The maximum absolute atomic E-state index is 12.1. The normalized spacial score (nSPS) is 18.9. The molecule has 2 fully saturated rings. The lowest BCUT2D eigenvalue weighted by Gasteiger charge is -2.33. The summed E-state index contributed by atoms with van der Waals surface area (Å²) in [5, 5.41) is 5.31. The fourth-order valence-corrected chi connectivity index (χ4v) is 3.54. The van der Waals surface area contributed by atoms with E-state index in [1.54, 1.807) is 11.2 Å². The van der Waals surface area contributed by atoms with Crippen molar-refractivity contribution < 1.29 is 23.5 Å². The molecule has 0 radical (unpaired) electrons. The lowest BCUT2D eigenvalue weighted by molar-refractivity contribution is -0.139. The second-order valence-electron chi connectivity index (χ2n) is 6.98. The van der Waals surface area contributed by atoms with Gasteiger partial charge in [-0.2, -0.15) is 0 Å². The average molecular weight is 392 g/mol. The summed E-state index contributed by atoms with van der Waals surface area (Å²) in [5.41, 5.74) is 0. The van der Waals surface area contributed by atoms with E-state index in [1.165, 1.54) is 0 Å². The average Bonchev–Trinajstić information content (AvgIpc) is 3.38. The number of hydrogen-bond acceptors (Lipinski definition) is 6. The van der Waals surface area contributed by atoms with Crippen molar-refractivity contribution >= 4 is 17.7 Å². The monoisotopic (exact) mass is 392 g/mol. The molecule has 9 heteroatoms. The second-order valence-corrected chi connectivity index (χ2v) is 6.98. The lowest BCUT2D eigenvalue weighted by atomic mass is 10.1. The van der Waals surface area contributed by atoms with Gasteiger partial charge in [-0.3, -0.25) is 19.3 Å². The third-order valence-electron chi connectivity index (χ3n) is 5.08. The van der Waals surface area contributed by atoms with E-state index in [1.807, 2.05) is 12.1 Å². The summed E-state index contributed by atoms with van der Waals surface area (Å²) in [6.45, 7) is 4.77. The van der Waals surface area contributed by atoms with E-state index < -0.39 is 11.8 Å². The van der Waals surface area contributed by atoms with Crippen molar-refractivity contribution in [3.8, 4) is 0 Å². The van der Waals surface area contributed by atoms with E-state index in [2.05, 4.69) is 15.5 Å². The van der Waals surface area contributed by atoms with Gasteiger partial charge >= 0.3 is 11.8 Å². The van der Waals surface area contributed by atoms with Crippen LogP contribution in [0.2, 0.25) is 0 Å². The van der Waals surface area contributed by atoms with Crippen LogP contribution in [0, 0.1) is 0 Å². The number of nitrogens with one attached hydrogen (secondary N) is 2. The number of likely N-dealkylation sites (tertiary alicyclic amines) is 1. The molecule has 2 aliphatic rings. The van der Waals surface area contributed by atoms with Crippen molar-refractivity contribution in [3.05, 3.63) is 24.2 Å². The molecule has 28 heavy (non-hydrogen) atoms. The van der Waals surface area contributed by atoms with Crippen molar-refractivity contribution in [2.75, 3.05) is 52.5 Å². The summed E-state index contributed by atoms with van der Waals surface area (Å²) in [6.07, 6.45) is 3.73. The number of morpholine rings is 1. The summed E-state index contributed by atoms with van der Waals surface area (Å²) in [7, 11) is 0. The Morgan fingerprint density at radius 3 is 2.61 bits per heavy atom. The fourth-order valence-electron chi connectivity index (χ4n) is 3.54. The molecule has 0 saturated carbocycles. The molecule has 1 aromatic heterocycles. The van der Waals surface area contributed by atoms with E-state index in [4.69, 9.17) is 9.15 Å². The minimum Gasteiger partial charge on any atom is -0.468 e. The van der Waals surface area contributed by atoms with Crippen molar-refractivity contribution in [1.82, 2.24) is 20.4 Å². The topological polar surface area (TPSA) is 104 Å². The van der Waals surface area contributed by atoms with Gasteiger partial charge in [-0.15, -0.1) is 0 Å². The fraction of sp³-hybridized carbons (Fsp3) is 0.632. The van der Waals surface area contributed by atoms with E-state index >= 15 is 0 Å². The van der Waals surface area contributed by atoms with E-state index in [9.17, 15) is 14.4 Å². The quantitative estimate of drug-likeness (QED) is 0.473. The Morgan fingerprint density at radius 2 is 1.93 bits per heavy atom. The first-order chi connectivity index (χ1) is 13.6. The molecule has 1 atom stereocenters. The van der Waals surface area contributed by atoms with Gasteiger partial charge in [0.05, 0.1) is 25.5 Å². The van der Waals surface area contributed by atoms with Crippen LogP contribution in [-0.2, 0) is 19.1 Å². The summed E-state index contributed by atoms with van der Waals surface area (Å²) in [5.74, 6) is -0.413. The van der Waals surface area contributed by atoms with Crippen LogP contribution in [0.25, 0.3) is 0 Å². The van der Waals surface area contributed by atoms with Gasteiger partial charge in [0.2, 0.25) is 5.91 Å². The standard InChI is InChI=1S/C19H28N4O5/c24-17-5-1-7-23(17)8-3-6-20-18(25)19(26)21-14-15(16-4-2-11-28-16)22-9-12-27-13-10-22/h2,4,11,15H,1,3,5-10,12-14H2,(H,20,25)(H,21,26)/t15-/m1/s1. The maximum atomic E-state index is 12.1. The first-order valence-corrected chi connectivity index (χ1v) is 9.84. The number of furan rings is 1. The number of ether oxygens (including phenoxy) is 1. The predicted octanol–water partition coefficient (Wildman–Crippen LogP) is -0.102. The van der Waals surface area contributed by atoms with E-state index in [0.29, 0.717) is 39.1 Å². The Labute approximate surface area is 164 Å². The third kappa shape index (κ3) is 5.56. The van der Waals surface area contributed by atoms with Crippen molar-refractivity contribution in [2.24, 2.45) is 0 Å². The highest BCUT2D eigenvalue weighted by atomic mass is 16.5. The number of carbonyl (C=O) groups is 3. The SMILES string of the molecule is O=C(NCCCN1CCCC1=O)C(=O)NC[C@H](c1ccco1)N1CCOCC1. The van der Waals surface area contributed by atoms with Crippen molar-refractivity contribution in [3.63, 3.8) is 0 Å². The Morgan fingerprint density at radius 1 is 1.14 bits per heavy atom. The zero-order chi connectivity index (χ0) is 19.8. The van der Waals surface area contributed by atoms with Crippen molar-refractivity contribution in [1.29, 1.82) is 0 Å². The summed E-state index contributed by atoms with van der Waals surface area (Å²) >= 11 is 0. The molecule has 0 spiro atoms. The smallest absolute Gasteiger partial charge is 0.309 e. The molecular formula is C19H28N4O5. The first-order valence-electron chi connectivity index (χ1n) is 9.84. The largest absolute Gasteiger partial charge is 0.468 e. The van der Waals surface area contributed by atoms with Crippen LogP contribution in [-0.4, -0.2) is 80.0 Å². The van der Waals surface area contributed by atoms with E-state index in [-0.39, 0.29) is 18.5 Å². The van der Waals surface area contributed by atoms with Gasteiger partial charge in [0.25, 0.3) is 0 Å². The zero-order valence-corrected chi connectivity index (χ0v) is 16.0. The minimum absolute atomic E-state index is 0.142. The molecule has 0 aromatic carbocycles. The highest BCUT2D eigenvalue weighted by molar-refractivity contribution is 6.35. The molecule has 3 amide bonds. The van der Waals surface area contributed by atoms with Gasteiger partial charge in [-0.05, 0) is 25.0 Å². The Hall–Kier alpha value is -2.39. The van der Waals surface area contributed by atoms with Crippen LogP contribution < -0.4 is 10.6 Å². The molecule has 0 unspecified atom stereocenters. The lowest BCUT2D eigenvalue weighted by Crippen LogP contribution is -2.46. The number of hydrogen-bond donors (Lipinski definition) is 2. The van der Waals surface area contributed by atoms with Gasteiger partial charge in [0.15, 0.2) is 0 Å². The van der Waals surface area contributed by atoms with Crippen LogP contribution in [0.4, 0.5) is 0 Å². The van der Waals surface area contributed by atoms with Gasteiger partial charge in [-0.25, -0.2) is 0 Å². The van der Waals surface area contributed by atoms with Crippen LogP contribution in [0.5, 0.6) is 0 Å². The highest BCUT2D eigenvalue weighted by Crippen LogP contribution is 2.21. The summed E-state index contributed by atoms with van der Waals surface area (Å²) < 4.78 is 10.9. The number of carbonyl (C=O) groups excluding carboxylic acids is 3. The van der Waals surface area contributed by atoms with Gasteiger partial charge < -0.3 is 24.7 Å². The van der Waals surface area contributed by atoms with Gasteiger partial charge in [-0.1, -0.05) is 0 Å². The van der Waals surface area contributed by atoms with Gasteiger partial charge in [0.1, 0.15) is 5.76 Å². The third-order valence-corrected chi connectivity index (χ3v) is 5.08. The van der Waals surface area contributed by atoms with Crippen LogP contribution >= 0.6 is 0 Å². The van der Waals surface area contributed by atoms with Crippen LogP contribution in [0.15, 0.2) is 22.8 Å². The van der Waals surface area contributed by atoms with Crippen LogP contribution in [0.1, 0.15) is 31.1 Å². The Bertz CT molecular complexity index is 657. The summed E-state index contributed by atoms with van der Waals surface area (Å²) in [4.78, 5) is 39.7. The summed E-state index contributed by atoms with van der Waals surface area (Å²) in [6, 6.07) is 3.53. The molecule has 3 rings (SSSR count). The molecular weight excluding hydrogens is 364 g/mol. The number of amides is 3. The first kappa shape index (κ1) is 20.3.